The van der Waals surface area contributed by atoms with Crippen LogP contribution in [0.3, 0.4) is 0 Å². The number of ether oxygens (including phenoxy) is 1. The summed E-state index contributed by atoms with van der Waals surface area (Å²) in [7, 11) is 0. The van der Waals surface area contributed by atoms with Gasteiger partial charge in [-0.25, -0.2) is 0 Å². The molecule has 106 valence electrons. The van der Waals surface area contributed by atoms with Crippen molar-refractivity contribution in [2.24, 2.45) is 11.8 Å². The van der Waals surface area contributed by atoms with Gasteiger partial charge in [0.2, 0.25) is 0 Å². The first-order valence-electron chi connectivity index (χ1n) is 7.20. The molecule has 1 aromatic rings. The summed E-state index contributed by atoms with van der Waals surface area (Å²) in [6.45, 7) is 8.71. The number of hydrogen-bond acceptors (Lipinski definition) is 2. The minimum absolute atomic E-state index is 0.284. The lowest BCUT2D eigenvalue weighted by Gasteiger charge is -2.27. The maximum atomic E-state index is 6.30. The van der Waals surface area contributed by atoms with E-state index in [0.29, 0.717) is 11.8 Å². The van der Waals surface area contributed by atoms with Crippen molar-refractivity contribution >= 4 is 11.6 Å². The normalized spacial score (nSPS) is 20.8. The average molecular weight is 282 g/mol. The van der Waals surface area contributed by atoms with Crippen LogP contribution in [0.25, 0.3) is 0 Å². The molecular formula is C16H24ClNO. The van der Waals surface area contributed by atoms with Crippen molar-refractivity contribution in [3.05, 3.63) is 28.8 Å². The fourth-order valence-electron chi connectivity index (χ4n) is 2.67. The van der Waals surface area contributed by atoms with E-state index < -0.39 is 0 Å². The van der Waals surface area contributed by atoms with E-state index in [0.717, 1.165) is 35.8 Å². The molecule has 0 aliphatic carbocycles. The minimum Gasteiger partial charge on any atom is -0.490 e. The Morgan fingerprint density at radius 2 is 2.21 bits per heavy atom. The molecule has 1 N–H and O–H groups in total. The van der Waals surface area contributed by atoms with Gasteiger partial charge in [-0.2, -0.15) is 0 Å². The Kier molecular flexibility index (Phi) is 5.12. The van der Waals surface area contributed by atoms with Crippen LogP contribution in [-0.4, -0.2) is 19.2 Å². The van der Waals surface area contributed by atoms with Gasteiger partial charge in [0.05, 0.1) is 0 Å². The van der Waals surface area contributed by atoms with Crippen LogP contribution in [0.5, 0.6) is 5.75 Å². The maximum absolute atomic E-state index is 6.30. The predicted molar refractivity (Wildman–Crippen MR) is 81.0 cm³/mol. The van der Waals surface area contributed by atoms with Gasteiger partial charge in [-0.15, -0.1) is 0 Å². The highest BCUT2D eigenvalue weighted by Gasteiger charge is 2.27. The van der Waals surface area contributed by atoms with Gasteiger partial charge in [0.15, 0.2) is 0 Å². The van der Waals surface area contributed by atoms with E-state index in [-0.39, 0.29) is 6.10 Å². The van der Waals surface area contributed by atoms with Crippen molar-refractivity contribution in [3.8, 4) is 5.75 Å². The summed E-state index contributed by atoms with van der Waals surface area (Å²) in [5.74, 6) is 2.19. The Labute approximate surface area is 121 Å². The molecule has 0 saturated carbocycles. The van der Waals surface area contributed by atoms with Crippen LogP contribution in [0.4, 0.5) is 0 Å². The van der Waals surface area contributed by atoms with Crippen LogP contribution in [-0.2, 0) is 0 Å². The van der Waals surface area contributed by atoms with Gasteiger partial charge < -0.3 is 10.1 Å². The lowest BCUT2D eigenvalue weighted by Crippen LogP contribution is -2.30. The van der Waals surface area contributed by atoms with E-state index in [4.69, 9.17) is 16.3 Å². The quantitative estimate of drug-likeness (QED) is 0.879. The smallest absolute Gasteiger partial charge is 0.124 e. The second-order valence-electron chi connectivity index (χ2n) is 5.90. The molecule has 2 atom stereocenters. The van der Waals surface area contributed by atoms with Gasteiger partial charge in [-0.3, -0.25) is 0 Å². The molecule has 0 bridgehead atoms. The van der Waals surface area contributed by atoms with Crippen LogP contribution < -0.4 is 10.1 Å². The van der Waals surface area contributed by atoms with E-state index >= 15 is 0 Å². The first-order chi connectivity index (χ1) is 9.08. The van der Waals surface area contributed by atoms with Crippen LogP contribution in [0, 0.1) is 18.8 Å². The molecule has 2 rings (SSSR count). The third-order valence-electron chi connectivity index (χ3n) is 3.82. The van der Waals surface area contributed by atoms with Crippen molar-refractivity contribution in [2.45, 2.75) is 39.7 Å². The Balaban J connectivity index is 2.12. The molecule has 1 heterocycles. The fraction of sp³-hybridized carbons (Fsp3) is 0.625. The van der Waals surface area contributed by atoms with Crippen LogP contribution in [0.2, 0.25) is 5.02 Å². The van der Waals surface area contributed by atoms with Crippen molar-refractivity contribution < 1.29 is 4.74 Å². The molecule has 1 aromatic carbocycles. The summed E-state index contributed by atoms with van der Waals surface area (Å²) in [6, 6.07) is 5.90. The van der Waals surface area contributed by atoms with Crippen molar-refractivity contribution in [3.63, 3.8) is 0 Å². The van der Waals surface area contributed by atoms with Crippen molar-refractivity contribution in [2.75, 3.05) is 13.1 Å². The highest BCUT2D eigenvalue weighted by molar-refractivity contribution is 6.31. The zero-order valence-corrected chi connectivity index (χ0v) is 12.8. The van der Waals surface area contributed by atoms with Crippen LogP contribution in [0.1, 0.15) is 32.3 Å². The third kappa shape index (κ3) is 3.87. The highest BCUT2D eigenvalue weighted by Crippen LogP contribution is 2.30. The Hall–Kier alpha value is -0.730. The van der Waals surface area contributed by atoms with Gasteiger partial charge in [0.1, 0.15) is 11.9 Å². The molecule has 0 radical (unpaired) electrons. The Morgan fingerprint density at radius 3 is 2.84 bits per heavy atom. The predicted octanol–water partition coefficient (Wildman–Crippen LogP) is 4.05. The van der Waals surface area contributed by atoms with Gasteiger partial charge in [0.25, 0.3) is 0 Å². The molecule has 2 nitrogen and oxygen atoms in total. The first kappa shape index (κ1) is 14.7. The van der Waals surface area contributed by atoms with E-state index in [9.17, 15) is 0 Å². The zero-order valence-electron chi connectivity index (χ0n) is 12.1. The molecule has 0 unspecified atom stereocenters. The number of nitrogens with one attached hydrogen (secondary N) is 1. The average Bonchev–Trinajstić information content (AvgIpc) is 2.87. The van der Waals surface area contributed by atoms with Gasteiger partial charge in [0, 0.05) is 23.0 Å². The summed E-state index contributed by atoms with van der Waals surface area (Å²) in [4.78, 5) is 0. The molecule has 0 aromatic heterocycles. The molecule has 0 spiro atoms. The summed E-state index contributed by atoms with van der Waals surface area (Å²) >= 11 is 6.17. The highest BCUT2D eigenvalue weighted by atomic mass is 35.5. The van der Waals surface area contributed by atoms with E-state index in [1.54, 1.807) is 0 Å². The van der Waals surface area contributed by atoms with Gasteiger partial charge in [-0.05, 0) is 44.4 Å². The summed E-state index contributed by atoms with van der Waals surface area (Å²) in [6.07, 6.45) is 2.59. The molecule has 0 amide bonds. The summed E-state index contributed by atoms with van der Waals surface area (Å²) in [5, 5.41) is 4.21. The number of rotatable bonds is 5. The van der Waals surface area contributed by atoms with Crippen LogP contribution >= 0.6 is 11.6 Å². The largest absolute Gasteiger partial charge is 0.490 e. The number of benzene rings is 1. The topological polar surface area (TPSA) is 21.3 Å². The van der Waals surface area contributed by atoms with E-state index in [1.165, 1.54) is 6.42 Å². The fourth-order valence-corrected chi connectivity index (χ4v) is 2.84. The Morgan fingerprint density at radius 1 is 1.42 bits per heavy atom. The van der Waals surface area contributed by atoms with E-state index in [1.807, 2.05) is 25.1 Å². The zero-order chi connectivity index (χ0) is 13.8. The van der Waals surface area contributed by atoms with E-state index in [2.05, 4.69) is 19.2 Å². The molecule has 1 fully saturated rings. The summed E-state index contributed by atoms with van der Waals surface area (Å²) < 4.78 is 6.30. The van der Waals surface area contributed by atoms with Gasteiger partial charge >= 0.3 is 0 Å². The summed E-state index contributed by atoms with van der Waals surface area (Å²) in [5.41, 5.74) is 1.05. The van der Waals surface area contributed by atoms with Crippen molar-refractivity contribution in [1.82, 2.24) is 5.32 Å². The maximum Gasteiger partial charge on any atom is 0.124 e. The molecule has 19 heavy (non-hydrogen) atoms. The second kappa shape index (κ2) is 6.62. The standard InChI is InChI=1S/C16H24ClNO/c1-11(2)9-16(13-7-8-18-10-13)19-15-6-4-5-14(17)12(15)3/h4-6,11,13,16,18H,7-10H2,1-3H3/t13-,16+/m0/s1. The lowest BCUT2D eigenvalue weighted by molar-refractivity contribution is 0.119. The number of hydrogen-bond donors (Lipinski definition) is 1. The molecule has 1 aliphatic rings. The minimum atomic E-state index is 0.284. The first-order valence-corrected chi connectivity index (χ1v) is 7.58. The Bertz CT molecular complexity index is 413. The molecule has 1 saturated heterocycles. The van der Waals surface area contributed by atoms with Crippen molar-refractivity contribution in [1.29, 1.82) is 0 Å². The third-order valence-corrected chi connectivity index (χ3v) is 4.23. The monoisotopic (exact) mass is 281 g/mol. The lowest BCUT2D eigenvalue weighted by atomic mass is 9.93. The SMILES string of the molecule is Cc1c(Cl)cccc1O[C@H](CC(C)C)[C@H]1CCNC1. The molecular weight excluding hydrogens is 258 g/mol. The van der Waals surface area contributed by atoms with Crippen LogP contribution in [0.15, 0.2) is 18.2 Å². The molecule has 3 heteroatoms. The second-order valence-corrected chi connectivity index (χ2v) is 6.31. The number of halogens is 1. The van der Waals surface area contributed by atoms with Gasteiger partial charge in [-0.1, -0.05) is 31.5 Å². The molecule has 1 aliphatic heterocycles.